The zero-order valence-corrected chi connectivity index (χ0v) is 12.9. The topological polar surface area (TPSA) is 78.7 Å². The van der Waals surface area contributed by atoms with Crippen LogP contribution in [0.2, 0.25) is 0 Å². The predicted molar refractivity (Wildman–Crippen MR) is 82.6 cm³/mol. The Labute approximate surface area is 131 Å². The lowest BCUT2D eigenvalue weighted by Crippen LogP contribution is -2.13. The predicted octanol–water partition coefficient (Wildman–Crippen LogP) is 3.09. The molecule has 0 saturated heterocycles. The number of aryl methyl sites for hydroxylation is 2. The molecule has 2 aromatic rings. The second kappa shape index (κ2) is 6.91. The smallest absolute Gasteiger partial charge is 0.268 e. The Morgan fingerprint density at radius 1 is 1.50 bits per heavy atom. The van der Waals surface area contributed by atoms with Crippen LogP contribution in [0, 0.1) is 24.1 Å². The second-order valence-corrected chi connectivity index (χ2v) is 5.55. The van der Waals surface area contributed by atoms with Gasteiger partial charge in [0.05, 0.1) is 0 Å². The molecule has 1 N–H and O–H groups in total. The molecule has 112 valence electrons. The van der Waals surface area contributed by atoms with Gasteiger partial charge in [-0.15, -0.1) is 10.2 Å². The van der Waals surface area contributed by atoms with Gasteiger partial charge in [0.15, 0.2) is 0 Å². The summed E-state index contributed by atoms with van der Waals surface area (Å²) in [7, 11) is 0. The largest absolute Gasteiger partial charge is 0.296 e. The number of nitriles is 1. The maximum Gasteiger partial charge on any atom is 0.268 e. The van der Waals surface area contributed by atoms with Crippen LogP contribution >= 0.6 is 11.3 Å². The molecular formula is C15H13FN4OS. The van der Waals surface area contributed by atoms with Crippen molar-refractivity contribution in [2.24, 2.45) is 0 Å². The summed E-state index contributed by atoms with van der Waals surface area (Å²) in [6.45, 7) is 3.55. The third-order valence-corrected chi connectivity index (χ3v) is 3.83. The summed E-state index contributed by atoms with van der Waals surface area (Å²) in [4.78, 5) is 12.1. The molecule has 0 aliphatic rings. The Morgan fingerprint density at radius 2 is 2.27 bits per heavy atom. The molecule has 0 fully saturated rings. The molecule has 0 saturated carbocycles. The van der Waals surface area contributed by atoms with Crippen molar-refractivity contribution in [1.82, 2.24) is 10.2 Å². The maximum atomic E-state index is 13.2. The zero-order valence-electron chi connectivity index (χ0n) is 12.1. The van der Waals surface area contributed by atoms with Crippen molar-refractivity contribution in [1.29, 1.82) is 5.26 Å². The molecule has 0 spiro atoms. The molecule has 0 atom stereocenters. The van der Waals surface area contributed by atoms with Gasteiger partial charge in [-0.1, -0.05) is 24.3 Å². The zero-order chi connectivity index (χ0) is 16.1. The fourth-order valence-corrected chi connectivity index (χ4v) is 2.36. The first kappa shape index (κ1) is 15.8. The van der Waals surface area contributed by atoms with Crippen molar-refractivity contribution in [3.63, 3.8) is 0 Å². The van der Waals surface area contributed by atoms with E-state index in [0.717, 1.165) is 11.4 Å². The number of hydrogen-bond acceptors (Lipinski definition) is 5. The number of anilines is 1. The minimum Gasteiger partial charge on any atom is -0.296 e. The number of hydrogen-bond donors (Lipinski definition) is 1. The molecule has 22 heavy (non-hydrogen) atoms. The molecule has 0 aliphatic carbocycles. The van der Waals surface area contributed by atoms with Crippen LogP contribution in [0.4, 0.5) is 9.52 Å². The van der Waals surface area contributed by atoms with Crippen molar-refractivity contribution < 1.29 is 9.18 Å². The standard InChI is InChI=1S/C15H13FN4OS/c1-3-13-19-20-15(22-13)18-14(21)11(8-17)7-10-4-5-12(16)9(2)6-10/h4-7H,3H2,1-2H3,(H,18,20,21)/b11-7+. The molecular weight excluding hydrogens is 303 g/mol. The fraction of sp³-hybridized carbons (Fsp3) is 0.200. The number of benzene rings is 1. The van der Waals surface area contributed by atoms with Gasteiger partial charge in [-0.05, 0) is 42.7 Å². The molecule has 1 aromatic heterocycles. The molecule has 0 unspecified atom stereocenters. The minimum atomic E-state index is -0.566. The molecule has 0 radical (unpaired) electrons. The van der Waals surface area contributed by atoms with Crippen molar-refractivity contribution >= 4 is 28.5 Å². The van der Waals surface area contributed by atoms with Gasteiger partial charge in [-0.2, -0.15) is 5.26 Å². The lowest BCUT2D eigenvalue weighted by atomic mass is 10.1. The first-order valence-electron chi connectivity index (χ1n) is 6.55. The van der Waals surface area contributed by atoms with Crippen LogP contribution in [-0.4, -0.2) is 16.1 Å². The number of carbonyl (C=O) groups excluding carboxylic acids is 1. The lowest BCUT2D eigenvalue weighted by molar-refractivity contribution is -0.112. The SMILES string of the molecule is CCc1nnc(NC(=O)/C(C#N)=C/c2ccc(F)c(C)c2)s1. The Morgan fingerprint density at radius 3 is 2.86 bits per heavy atom. The highest BCUT2D eigenvalue weighted by Crippen LogP contribution is 2.17. The van der Waals surface area contributed by atoms with E-state index >= 15 is 0 Å². The van der Waals surface area contributed by atoms with Crippen molar-refractivity contribution in [3.05, 3.63) is 45.7 Å². The van der Waals surface area contributed by atoms with Gasteiger partial charge in [0.1, 0.15) is 22.5 Å². The second-order valence-electron chi connectivity index (χ2n) is 4.49. The van der Waals surface area contributed by atoms with E-state index in [4.69, 9.17) is 5.26 Å². The van der Waals surface area contributed by atoms with E-state index in [2.05, 4.69) is 15.5 Å². The number of aromatic nitrogens is 2. The van der Waals surface area contributed by atoms with E-state index in [1.165, 1.54) is 29.5 Å². The Balaban J connectivity index is 2.19. The van der Waals surface area contributed by atoms with Crippen LogP contribution in [0.5, 0.6) is 0 Å². The maximum absolute atomic E-state index is 13.2. The number of amides is 1. The monoisotopic (exact) mass is 316 g/mol. The number of carbonyl (C=O) groups is 1. The first-order valence-corrected chi connectivity index (χ1v) is 7.36. The molecule has 0 aliphatic heterocycles. The number of nitrogens with zero attached hydrogens (tertiary/aromatic N) is 3. The normalized spacial score (nSPS) is 11.1. The summed E-state index contributed by atoms with van der Waals surface area (Å²) >= 11 is 1.26. The van der Waals surface area contributed by atoms with E-state index in [-0.39, 0.29) is 11.4 Å². The molecule has 1 heterocycles. The molecule has 7 heteroatoms. The van der Waals surface area contributed by atoms with Gasteiger partial charge in [-0.3, -0.25) is 10.1 Å². The molecule has 1 amide bonds. The van der Waals surface area contributed by atoms with Crippen LogP contribution in [0.1, 0.15) is 23.1 Å². The summed E-state index contributed by atoms with van der Waals surface area (Å²) in [5.74, 6) is -0.899. The fourth-order valence-electron chi connectivity index (χ4n) is 1.68. The van der Waals surface area contributed by atoms with Crippen LogP contribution < -0.4 is 5.32 Å². The molecule has 2 rings (SSSR count). The molecule has 0 bridgehead atoms. The van der Waals surface area contributed by atoms with Gasteiger partial charge in [0, 0.05) is 0 Å². The summed E-state index contributed by atoms with van der Waals surface area (Å²) in [5.41, 5.74) is 0.944. The van der Waals surface area contributed by atoms with E-state index in [1.54, 1.807) is 13.0 Å². The van der Waals surface area contributed by atoms with Crippen molar-refractivity contribution in [2.45, 2.75) is 20.3 Å². The van der Waals surface area contributed by atoms with Crippen LogP contribution in [0.15, 0.2) is 23.8 Å². The highest BCUT2D eigenvalue weighted by atomic mass is 32.1. The summed E-state index contributed by atoms with van der Waals surface area (Å²) in [6.07, 6.45) is 2.13. The van der Waals surface area contributed by atoms with E-state index in [1.807, 2.05) is 13.0 Å². The van der Waals surface area contributed by atoms with Crippen LogP contribution in [-0.2, 0) is 11.2 Å². The lowest BCUT2D eigenvalue weighted by Gasteiger charge is -2.01. The Hall–Kier alpha value is -2.59. The van der Waals surface area contributed by atoms with Gasteiger partial charge < -0.3 is 0 Å². The van der Waals surface area contributed by atoms with Gasteiger partial charge in [0.25, 0.3) is 5.91 Å². The number of nitrogens with one attached hydrogen (secondary N) is 1. The summed E-state index contributed by atoms with van der Waals surface area (Å²) in [6, 6.07) is 6.21. The van der Waals surface area contributed by atoms with Crippen LogP contribution in [0.3, 0.4) is 0 Å². The summed E-state index contributed by atoms with van der Waals surface area (Å²) < 4.78 is 13.2. The Kier molecular flexibility index (Phi) is 4.96. The molecule has 5 nitrogen and oxygen atoms in total. The summed E-state index contributed by atoms with van der Waals surface area (Å²) in [5, 5.41) is 20.5. The number of halogens is 1. The Bertz CT molecular complexity index is 776. The van der Waals surface area contributed by atoms with Crippen molar-refractivity contribution in [3.8, 4) is 6.07 Å². The first-order chi connectivity index (χ1) is 10.5. The van der Waals surface area contributed by atoms with Gasteiger partial charge in [-0.25, -0.2) is 4.39 Å². The highest BCUT2D eigenvalue weighted by Gasteiger charge is 2.12. The van der Waals surface area contributed by atoms with Gasteiger partial charge in [0.2, 0.25) is 5.13 Å². The number of rotatable bonds is 4. The average Bonchev–Trinajstić information content (AvgIpc) is 2.95. The average molecular weight is 316 g/mol. The highest BCUT2D eigenvalue weighted by molar-refractivity contribution is 7.15. The van der Waals surface area contributed by atoms with E-state index < -0.39 is 5.91 Å². The van der Waals surface area contributed by atoms with Crippen molar-refractivity contribution in [2.75, 3.05) is 5.32 Å². The third kappa shape index (κ3) is 3.74. The van der Waals surface area contributed by atoms with Gasteiger partial charge >= 0.3 is 0 Å². The van der Waals surface area contributed by atoms with E-state index in [9.17, 15) is 9.18 Å². The van der Waals surface area contributed by atoms with E-state index in [0.29, 0.717) is 16.3 Å². The molecule has 1 aromatic carbocycles. The van der Waals surface area contributed by atoms with Crippen LogP contribution in [0.25, 0.3) is 6.08 Å². The minimum absolute atomic E-state index is 0.0840. The third-order valence-electron chi connectivity index (χ3n) is 2.85. The quantitative estimate of drug-likeness (QED) is 0.694.